The maximum Gasteiger partial charge on any atom is 0.191 e. The van der Waals surface area contributed by atoms with Crippen LogP contribution in [0.5, 0.6) is 5.75 Å². The Kier molecular flexibility index (Phi) is 7.56. The standard InChI is InChI=1S/C20H33N3O2/c1-16-7-5-8-17(2)18(16)25-14-12-22-19(21-3)23-15-20(9-6-10-20)11-13-24-4/h5,7-8H,6,9-15H2,1-4H3,(H2,21,22,23). The molecule has 0 unspecified atom stereocenters. The van der Waals surface area contributed by atoms with Crippen molar-refractivity contribution < 1.29 is 9.47 Å². The average molecular weight is 348 g/mol. The van der Waals surface area contributed by atoms with Gasteiger partial charge in [-0.05, 0) is 49.7 Å². The SMILES string of the molecule is CN=C(NCCOc1c(C)cccc1C)NCC1(CCOC)CCC1. The number of nitrogens with zero attached hydrogens (tertiary/aromatic N) is 1. The van der Waals surface area contributed by atoms with Gasteiger partial charge >= 0.3 is 0 Å². The van der Waals surface area contributed by atoms with Crippen LogP contribution < -0.4 is 15.4 Å². The van der Waals surface area contributed by atoms with Gasteiger partial charge in [0.15, 0.2) is 5.96 Å². The van der Waals surface area contributed by atoms with E-state index in [0.29, 0.717) is 12.0 Å². The molecule has 25 heavy (non-hydrogen) atoms. The minimum Gasteiger partial charge on any atom is -0.491 e. The van der Waals surface area contributed by atoms with Gasteiger partial charge in [0.25, 0.3) is 0 Å². The summed E-state index contributed by atoms with van der Waals surface area (Å²) in [6, 6.07) is 6.21. The predicted molar refractivity (Wildman–Crippen MR) is 104 cm³/mol. The van der Waals surface area contributed by atoms with E-state index in [1.54, 1.807) is 7.11 Å². The summed E-state index contributed by atoms with van der Waals surface area (Å²) in [7, 11) is 3.58. The van der Waals surface area contributed by atoms with Crippen LogP contribution in [0.4, 0.5) is 0 Å². The Morgan fingerprint density at radius 3 is 2.44 bits per heavy atom. The third kappa shape index (κ3) is 5.63. The normalized spacial score (nSPS) is 16.2. The summed E-state index contributed by atoms with van der Waals surface area (Å²) in [4.78, 5) is 4.32. The van der Waals surface area contributed by atoms with Gasteiger partial charge < -0.3 is 20.1 Å². The Morgan fingerprint density at radius 2 is 1.88 bits per heavy atom. The van der Waals surface area contributed by atoms with Crippen molar-refractivity contribution in [3.8, 4) is 5.75 Å². The first-order valence-corrected chi connectivity index (χ1v) is 9.23. The monoisotopic (exact) mass is 347 g/mol. The molecule has 0 aromatic heterocycles. The first-order chi connectivity index (χ1) is 12.1. The molecule has 0 heterocycles. The minimum absolute atomic E-state index is 0.377. The smallest absolute Gasteiger partial charge is 0.191 e. The zero-order chi connectivity index (χ0) is 18.1. The quantitative estimate of drug-likeness (QED) is 0.409. The number of aryl methyl sites for hydroxylation is 2. The van der Waals surface area contributed by atoms with Gasteiger partial charge in [-0.15, -0.1) is 0 Å². The van der Waals surface area contributed by atoms with Crippen LogP contribution in [-0.4, -0.2) is 46.4 Å². The summed E-state index contributed by atoms with van der Waals surface area (Å²) in [5.41, 5.74) is 2.72. The largest absolute Gasteiger partial charge is 0.491 e. The number of hydrogen-bond acceptors (Lipinski definition) is 3. The molecule has 2 rings (SSSR count). The van der Waals surface area contributed by atoms with Crippen LogP contribution in [0, 0.1) is 19.3 Å². The predicted octanol–water partition coefficient (Wildman–Crippen LogP) is 3.05. The molecule has 1 aromatic rings. The van der Waals surface area contributed by atoms with Crippen molar-refractivity contribution in [2.45, 2.75) is 39.5 Å². The van der Waals surface area contributed by atoms with Crippen molar-refractivity contribution in [2.75, 3.05) is 40.5 Å². The van der Waals surface area contributed by atoms with E-state index in [2.05, 4.69) is 47.7 Å². The molecule has 0 bridgehead atoms. The van der Waals surface area contributed by atoms with Gasteiger partial charge in [-0.25, -0.2) is 0 Å². The van der Waals surface area contributed by atoms with E-state index in [-0.39, 0.29) is 0 Å². The Labute approximate surface area is 152 Å². The maximum atomic E-state index is 5.93. The lowest BCUT2D eigenvalue weighted by Gasteiger charge is -2.42. The molecule has 5 heteroatoms. The van der Waals surface area contributed by atoms with E-state index in [0.717, 1.165) is 37.8 Å². The third-order valence-electron chi connectivity index (χ3n) is 5.15. The van der Waals surface area contributed by atoms with Gasteiger partial charge in [-0.2, -0.15) is 0 Å². The summed E-state index contributed by atoms with van der Waals surface area (Å²) in [6.07, 6.45) is 4.98. The highest BCUT2D eigenvalue weighted by molar-refractivity contribution is 5.79. The topological polar surface area (TPSA) is 54.9 Å². The second-order valence-electron chi connectivity index (χ2n) is 7.02. The molecule has 1 fully saturated rings. The Bertz CT molecular complexity index is 548. The van der Waals surface area contributed by atoms with Crippen molar-refractivity contribution in [1.29, 1.82) is 0 Å². The van der Waals surface area contributed by atoms with Crippen molar-refractivity contribution in [3.05, 3.63) is 29.3 Å². The second-order valence-corrected chi connectivity index (χ2v) is 7.02. The van der Waals surface area contributed by atoms with Gasteiger partial charge in [0.05, 0.1) is 6.54 Å². The van der Waals surface area contributed by atoms with E-state index in [4.69, 9.17) is 9.47 Å². The number of methoxy groups -OCH3 is 1. The highest BCUT2D eigenvalue weighted by Crippen LogP contribution is 2.43. The molecule has 5 nitrogen and oxygen atoms in total. The van der Waals surface area contributed by atoms with E-state index >= 15 is 0 Å². The minimum atomic E-state index is 0.377. The molecule has 0 radical (unpaired) electrons. The molecule has 0 aliphatic heterocycles. The zero-order valence-corrected chi connectivity index (χ0v) is 16.2. The molecule has 1 saturated carbocycles. The fourth-order valence-corrected chi connectivity index (χ4v) is 3.35. The Hall–Kier alpha value is -1.75. The molecule has 140 valence electrons. The highest BCUT2D eigenvalue weighted by Gasteiger charge is 2.36. The first-order valence-electron chi connectivity index (χ1n) is 9.23. The van der Waals surface area contributed by atoms with Gasteiger partial charge in [0, 0.05) is 27.3 Å². The summed E-state index contributed by atoms with van der Waals surface area (Å²) in [6.45, 7) is 7.27. The van der Waals surface area contributed by atoms with Crippen LogP contribution in [-0.2, 0) is 4.74 Å². The van der Waals surface area contributed by atoms with Crippen LogP contribution in [0.1, 0.15) is 36.8 Å². The number of rotatable bonds is 9. The number of nitrogens with one attached hydrogen (secondary N) is 2. The zero-order valence-electron chi connectivity index (χ0n) is 16.2. The molecule has 0 saturated heterocycles. The van der Waals surface area contributed by atoms with Gasteiger partial charge in [0.1, 0.15) is 12.4 Å². The van der Waals surface area contributed by atoms with Crippen LogP contribution in [0.15, 0.2) is 23.2 Å². The molecule has 1 aromatic carbocycles. The fourth-order valence-electron chi connectivity index (χ4n) is 3.35. The van der Waals surface area contributed by atoms with E-state index in [1.807, 2.05) is 7.05 Å². The first kappa shape index (κ1) is 19.6. The number of benzene rings is 1. The molecule has 0 spiro atoms. The Morgan fingerprint density at radius 1 is 1.16 bits per heavy atom. The van der Waals surface area contributed by atoms with Crippen LogP contribution in [0.3, 0.4) is 0 Å². The lowest BCUT2D eigenvalue weighted by Crippen LogP contribution is -2.47. The Balaban J connectivity index is 1.72. The average Bonchev–Trinajstić information content (AvgIpc) is 2.57. The molecule has 2 N–H and O–H groups in total. The summed E-state index contributed by atoms with van der Waals surface area (Å²) in [5.74, 6) is 1.83. The number of hydrogen-bond donors (Lipinski definition) is 2. The van der Waals surface area contributed by atoms with Crippen LogP contribution in [0.25, 0.3) is 0 Å². The molecule has 1 aliphatic carbocycles. The molecule has 0 atom stereocenters. The van der Waals surface area contributed by atoms with Crippen molar-refractivity contribution >= 4 is 5.96 Å². The highest BCUT2D eigenvalue weighted by atomic mass is 16.5. The van der Waals surface area contributed by atoms with Crippen molar-refractivity contribution in [1.82, 2.24) is 10.6 Å². The van der Waals surface area contributed by atoms with E-state index in [1.165, 1.54) is 30.4 Å². The maximum absolute atomic E-state index is 5.93. The van der Waals surface area contributed by atoms with Crippen LogP contribution in [0.2, 0.25) is 0 Å². The third-order valence-corrected chi connectivity index (χ3v) is 5.15. The van der Waals surface area contributed by atoms with Gasteiger partial charge in [0.2, 0.25) is 0 Å². The molecular weight excluding hydrogens is 314 g/mol. The summed E-state index contributed by atoms with van der Waals surface area (Å²) in [5, 5.41) is 6.81. The van der Waals surface area contributed by atoms with Crippen LogP contribution >= 0.6 is 0 Å². The second kappa shape index (κ2) is 9.66. The van der Waals surface area contributed by atoms with E-state index in [9.17, 15) is 0 Å². The fraction of sp³-hybridized carbons (Fsp3) is 0.650. The number of guanidine groups is 1. The van der Waals surface area contributed by atoms with Gasteiger partial charge in [-0.1, -0.05) is 24.6 Å². The lowest BCUT2D eigenvalue weighted by atomic mass is 9.67. The number of para-hydroxylation sites is 1. The summed E-state index contributed by atoms with van der Waals surface area (Å²) >= 11 is 0. The lowest BCUT2D eigenvalue weighted by molar-refractivity contribution is 0.0732. The molecule has 1 aliphatic rings. The summed E-state index contributed by atoms with van der Waals surface area (Å²) < 4.78 is 11.2. The molecular formula is C20H33N3O2. The van der Waals surface area contributed by atoms with Crippen molar-refractivity contribution in [3.63, 3.8) is 0 Å². The molecule has 0 amide bonds. The number of ether oxygens (including phenoxy) is 2. The van der Waals surface area contributed by atoms with E-state index < -0.39 is 0 Å². The van der Waals surface area contributed by atoms with Crippen molar-refractivity contribution in [2.24, 2.45) is 10.4 Å². The van der Waals surface area contributed by atoms with Gasteiger partial charge in [-0.3, -0.25) is 4.99 Å². The number of aliphatic imine (C=N–C) groups is 1.